The number of allylic oxidation sites excluding steroid dienone is 2. The van der Waals surface area contributed by atoms with Crippen molar-refractivity contribution in [3.05, 3.63) is 12.2 Å². The molecule has 0 aromatic carbocycles. The average Bonchev–Trinajstić information content (AvgIpc) is 3.05. The fraction of sp³-hybridized carbons (Fsp3) is 0.889. The van der Waals surface area contributed by atoms with Crippen LogP contribution in [0.15, 0.2) is 12.2 Å². The second-order valence-corrected chi connectivity index (χ2v) is 12.7. The first-order valence-corrected chi connectivity index (χ1v) is 18.3. The molecule has 1 aliphatic rings. The van der Waals surface area contributed by atoms with E-state index in [-0.39, 0.29) is 32.0 Å². The minimum absolute atomic E-state index is 0.217. The maximum atomic E-state index is 12.6. The Morgan fingerprint density at radius 2 is 1.15 bits per heavy atom. The number of aliphatic hydroxyl groups excluding tert-OH is 4. The number of hydrogen-bond acceptors (Lipinski definition) is 10. The summed E-state index contributed by atoms with van der Waals surface area (Å²) in [5, 5.41) is 39.8. The molecule has 0 spiro atoms. The highest BCUT2D eigenvalue weighted by Gasteiger charge is 2.44. The number of esters is 2. The summed E-state index contributed by atoms with van der Waals surface area (Å²) in [7, 11) is 0. The van der Waals surface area contributed by atoms with Crippen molar-refractivity contribution in [2.24, 2.45) is 0 Å². The molecule has 4 N–H and O–H groups in total. The molecule has 1 aliphatic heterocycles. The van der Waals surface area contributed by atoms with Crippen LogP contribution in [-0.2, 0) is 28.5 Å². The number of ether oxygens (including phenoxy) is 4. The third kappa shape index (κ3) is 20.6. The van der Waals surface area contributed by atoms with Crippen molar-refractivity contribution >= 4 is 11.9 Å². The van der Waals surface area contributed by atoms with Gasteiger partial charge in [0, 0.05) is 12.8 Å². The van der Waals surface area contributed by atoms with E-state index in [0.29, 0.717) is 6.42 Å². The zero-order valence-corrected chi connectivity index (χ0v) is 28.8. The van der Waals surface area contributed by atoms with Crippen LogP contribution >= 0.6 is 0 Å². The quantitative estimate of drug-likeness (QED) is 0.0425. The third-order valence-electron chi connectivity index (χ3n) is 8.40. The number of hydrogen-bond donors (Lipinski definition) is 4. The summed E-state index contributed by atoms with van der Waals surface area (Å²) < 4.78 is 22.0. The highest BCUT2D eigenvalue weighted by Crippen LogP contribution is 2.22. The highest BCUT2D eigenvalue weighted by molar-refractivity contribution is 5.70. The maximum absolute atomic E-state index is 12.6. The van der Waals surface area contributed by atoms with Crippen molar-refractivity contribution in [1.29, 1.82) is 0 Å². The zero-order chi connectivity index (χ0) is 33.8. The molecule has 1 rings (SSSR count). The van der Waals surface area contributed by atoms with Gasteiger partial charge in [-0.15, -0.1) is 0 Å². The van der Waals surface area contributed by atoms with E-state index in [9.17, 15) is 30.0 Å². The molecular weight excluding hydrogens is 592 g/mol. The number of rotatable bonds is 29. The lowest BCUT2D eigenvalue weighted by Gasteiger charge is -2.39. The molecule has 6 atom stereocenters. The Morgan fingerprint density at radius 3 is 1.74 bits per heavy atom. The molecule has 0 saturated carbocycles. The summed E-state index contributed by atoms with van der Waals surface area (Å²) in [5.74, 6) is -0.819. The van der Waals surface area contributed by atoms with Gasteiger partial charge < -0.3 is 39.4 Å². The van der Waals surface area contributed by atoms with Gasteiger partial charge in [0.2, 0.25) is 0 Å². The first kappa shape index (κ1) is 42.5. The molecule has 1 saturated heterocycles. The number of unbranched alkanes of at least 4 members (excludes halogenated alkanes) is 16. The SMILES string of the molecule is CCCCC/C=C/CCCCCCCC(=O)O[C@H](COC(=O)CCCCCCCCCCC)CO[C@@H]1O[C@H](CO)[C@H](O)C(O)C1O. The van der Waals surface area contributed by atoms with Crippen LogP contribution in [0, 0.1) is 0 Å². The first-order valence-electron chi connectivity index (χ1n) is 18.3. The van der Waals surface area contributed by atoms with Gasteiger partial charge in [-0.05, 0) is 38.5 Å². The summed E-state index contributed by atoms with van der Waals surface area (Å²) in [5.41, 5.74) is 0. The zero-order valence-electron chi connectivity index (χ0n) is 28.8. The molecule has 0 amide bonds. The lowest BCUT2D eigenvalue weighted by Crippen LogP contribution is -2.59. The fourth-order valence-electron chi connectivity index (χ4n) is 5.42. The largest absolute Gasteiger partial charge is 0.462 e. The molecule has 2 unspecified atom stereocenters. The summed E-state index contributed by atoms with van der Waals surface area (Å²) in [4.78, 5) is 25.0. The van der Waals surface area contributed by atoms with Crippen LogP contribution in [0.1, 0.15) is 149 Å². The summed E-state index contributed by atoms with van der Waals surface area (Å²) in [6, 6.07) is 0. The van der Waals surface area contributed by atoms with E-state index < -0.39 is 49.4 Å². The van der Waals surface area contributed by atoms with Gasteiger partial charge in [-0.2, -0.15) is 0 Å². The second-order valence-electron chi connectivity index (χ2n) is 12.7. The normalized spacial score (nSPS) is 22.3. The fourth-order valence-corrected chi connectivity index (χ4v) is 5.42. The van der Waals surface area contributed by atoms with E-state index in [1.165, 1.54) is 57.8 Å². The van der Waals surface area contributed by atoms with E-state index in [2.05, 4.69) is 26.0 Å². The molecule has 46 heavy (non-hydrogen) atoms. The smallest absolute Gasteiger partial charge is 0.306 e. The van der Waals surface area contributed by atoms with Crippen molar-refractivity contribution in [1.82, 2.24) is 0 Å². The Hall–Kier alpha value is -1.56. The molecule has 10 nitrogen and oxygen atoms in total. The second kappa shape index (κ2) is 28.5. The van der Waals surface area contributed by atoms with Crippen molar-refractivity contribution in [3.8, 4) is 0 Å². The molecule has 1 fully saturated rings. The molecule has 270 valence electrons. The summed E-state index contributed by atoms with van der Waals surface area (Å²) >= 11 is 0. The van der Waals surface area contributed by atoms with Gasteiger partial charge in [-0.3, -0.25) is 9.59 Å². The van der Waals surface area contributed by atoms with Crippen LogP contribution in [-0.4, -0.2) is 89.0 Å². The summed E-state index contributed by atoms with van der Waals surface area (Å²) in [6.45, 7) is 3.34. The van der Waals surface area contributed by atoms with Gasteiger partial charge in [-0.1, -0.05) is 109 Å². The van der Waals surface area contributed by atoms with E-state index in [1.54, 1.807) is 0 Å². The Kier molecular flexibility index (Phi) is 26.3. The minimum atomic E-state index is -1.59. The van der Waals surface area contributed by atoms with E-state index in [4.69, 9.17) is 18.9 Å². The topological polar surface area (TPSA) is 152 Å². The number of aliphatic hydroxyl groups is 4. The number of carbonyl (C=O) groups excluding carboxylic acids is 2. The van der Waals surface area contributed by atoms with Gasteiger partial charge >= 0.3 is 11.9 Å². The Balaban J connectivity index is 2.44. The van der Waals surface area contributed by atoms with Crippen LogP contribution in [0.5, 0.6) is 0 Å². The van der Waals surface area contributed by atoms with Crippen molar-refractivity contribution in [2.75, 3.05) is 19.8 Å². The lowest BCUT2D eigenvalue weighted by molar-refractivity contribution is -0.305. The van der Waals surface area contributed by atoms with Gasteiger partial charge in [-0.25, -0.2) is 0 Å². The lowest BCUT2D eigenvalue weighted by atomic mass is 9.99. The highest BCUT2D eigenvalue weighted by atomic mass is 16.7. The average molecular weight is 659 g/mol. The molecule has 0 aromatic rings. The number of carbonyl (C=O) groups is 2. The standard InChI is InChI=1S/C36H66O10/c1-3-5-7-9-11-13-14-15-17-19-21-23-25-32(39)45-29(28-44-36-35(42)34(41)33(40)30(26-37)46-36)27-43-31(38)24-22-20-18-16-12-10-8-6-4-2/h11,13,29-30,33-37,40-42H,3-10,12,14-28H2,1-2H3/b13-11+/t29-,30-,33+,34?,35?,36-/m1/s1. The van der Waals surface area contributed by atoms with Crippen molar-refractivity contribution < 1.29 is 49.0 Å². The molecule has 0 aliphatic carbocycles. The Morgan fingerprint density at radius 1 is 0.652 bits per heavy atom. The van der Waals surface area contributed by atoms with Gasteiger partial charge in [0.15, 0.2) is 12.4 Å². The predicted octanol–water partition coefficient (Wildman–Crippen LogP) is 6.05. The molecule has 0 radical (unpaired) electrons. The van der Waals surface area contributed by atoms with Gasteiger partial charge in [0.1, 0.15) is 31.0 Å². The summed E-state index contributed by atoms with van der Waals surface area (Å²) in [6.07, 6.45) is 18.0. The van der Waals surface area contributed by atoms with E-state index >= 15 is 0 Å². The van der Waals surface area contributed by atoms with Gasteiger partial charge in [0.05, 0.1) is 13.2 Å². The molecule has 0 aromatic heterocycles. The van der Waals surface area contributed by atoms with Crippen molar-refractivity contribution in [2.45, 2.75) is 185 Å². The molecule has 0 bridgehead atoms. The van der Waals surface area contributed by atoms with Crippen LogP contribution in [0.25, 0.3) is 0 Å². The van der Waals surface area contributed by atoms with Crippen molar-refractivity contribution in [3.63, 3.8) is 0 Å². The molecule has 1 heterocycles. The first-order chi connectivity index (χ1) is 22.3. The van der Waals surface area contributed by atoms with Gasteiger partial charge in [0.25, 0.3) is 0 Å². The third-order valence-corrected chi connectivity index (χ3v) is 8.40. The van der Waals surface area contributed by atoms with Crippen LogP contribution in [0.3, 0.4) is 0 Å². The predicted molar refractivity (Wildman–Crippen MR) is 178 cm³/mol. The van der Waals surface area contributed by atoms with E-state index in [0.717, 1.165) is 57.8 Å². The monoisotopic (exact) mass is 658 g/mol. The maximum Gasteiger partial charge on any atom is 0.306 e. The van der Waals surface area contributed by atoms with Crippen LogP contribution in [0.2, 0.25) is 0 Å². The van der Waals surface area contributed by atoms with Crippen LogP contribution in [0.4, 0.5) is 0 Å². The van der Waals surface area contributed by atoms with E-state index in [1.807, 2.05) is 0 Å². The molecular formula is C36H66O10. The Labute approximate surface area is 278 Å². The Bertz CT molecular complexity index is 774. The molecule has 10 heteroatoms. The van der Waals surface area contributed by atoms with Crippen LogP contribution < -0.4 is 0 Å². The minimum Gasteiger partial charge on any atom is -0.462 e.